The van der Waals surface area contributed by atoms with Crippen LogP contribution in [0.5, 0.6) is 0 Å². The highest BCUT2D eigenvalue weighted by atomic mass is 79.9. The van der Waals surface area contributed by atoms with E-state index in [0.717, 1.165) is 17.3 Å². The summed E-state index contributed by atoms with van der Waals surface area (Å²) in [5, 5.41) is 4.11. The molecular weight excluding hydrogens is 306 g/mol. The summed E-state index contributed by atoms with van der Waals surface area (Å²) in [6.07, 6.45) is 0. The topological polar surface area (TPSA) is 12.0 Å². The first-order chi connectivity index (χ1) is 7.65. The molecule has 0 spiro atoms. The first-order valence-corrected chi connectivity index (χ1v) is 6.88. The lowest BCUT2D eigenvalue weighted by atomic mass is 10.3. The molecule has 16 heavy (non-hydrogen) atoms. The number of hydrogen-bond acceptors (Lipinski definition) is 2. The lowest BCUT2D eigenvalue weighted by Gasteiger charge is -2.04. The quantitative estimate of drug-likeness (QED) is 0.832. The van der Waals surface area contributed by atoms with E-state index in [4.69, 9.17) is 11.6 Å². The molecule has 1 nitrogen and oxygen atoms in total. The van der Waals surface area contributed by atoms with Crippen molar-refractivity contribution in [2.24, 2.45) is 0 Å². The maximum atomic E-state index is 5.91. The molecule has 84 valence electrons. The number of nitrogens with one attached hydrogen (secondary N) is 1. The first-order valence-electron chi connectivity index (χ1n) is 4.89. The number of rotatable bonds is 3. The highest BCUT2D eigenvalue weighted by molar-refractivity contribution is 9.10. The normalized spacial score (nSPS) is 10.4. The number of aryl methyl sites for hydroxylation is 1. The predicted octanol–water partition coefficient (Wildman–Crippen LogP) is 5.08. The summed E-state index contributed by atoms with van der Waals surface area (Å²) in [4.78, 5) is 2.62. The minimum Gasteiger partial charge on any atom is -0.380 e. The third kappa shape index (κ3) is 3.00. The van der Waals surface area contributed by atoms with Gasteiger partial charge in [0.25, 0.3) is 0 Å². The Morgan fingerprint density at radius 2 is 2.19 bits per heavy atom. The minimum atomic E-state index is 0.758. The molecule has 1 N–H and O–H groups in total. The van der Waals surface area contributed by atoms with E-state index < -0.39 is 0 Å². The molecule has 0 bridgehead atoms. The van der Waals surface area contributed by atoms with Crippen molar-refractivity contribution in [3.8, 4) is 0 Å². The molecule has 0 saturated heterocycles. The minimum absolute atomic E-state index is 0.758. The maximum Gasteiger partial charge on any atom is 0.0494 e. The Balaban J connectivity index is 2.02. The second kappa shape index (κ2) is 5.21. The average Bonchev–Trinajstić information content (AvgIpc) is 2.56. The summed E-state index contributed by atoms with van der Waals surface area (Å²) >= 11 is 11.2. The molecule has 1 aromatic carbocycles. The molecular formula is C12H11BrClNS. The van der Waals surface area contributed by atoms with Gasteiger partial charge in [-0.25, -0.2) is 0 Å². The summed E-state index contributed by atoms with van der Waals surface area (Å²) in [5.41, 5.74) is 1.05. The van der Waals surface area contributed by atoms with Gasteiger partial charge in [0.05, 0.1) is 0 Å². The number of benzene rings is 1. The SMILES string of the molecule is Cc1sc(CNc2cccc(Cl)c2)cc1Br. The Morgan fingerprint density at radius 1 is 1.38 bits per heavy atom. The summed E-state index contributed by atoms with van der Waals surface area (Å²) in [6.45, 7) is 2.94. The largest absolute Gasteiger partial charge is 0.380 e. The van der Waals surface area contributed by atoms with Crippen LogP contribution in [-0.4, -0.2) is 0 Å². The molecule has 0 atom stereocenters. The van der Waals surface area contributed by atoms with Gasteiger partial charge >= 0.3 is 0 Å². The Bertz CT molecular complexity index is 476. The maximum absolute atomic E-state index is 5.91. The Hall–Kier alpha value is -0.510. The van der Waals surface area contributed by atoms with Gasteiger partial charge < -0.3 is 5.32 Å². The zero-order valence-electron chi connectivity index (χ0n) is 8.76. The van der Waals surface area contributed by atoms with Crippen LogP contribution in [0.4, 0.5) is 5.69 Å². The van der Waals surface area contributed by atoms with Crippen LogP contribution in [-0.2, 0) is 6.54 Å². The van der Waals surface area contributed by atoms with Crippen molar-refractivity contribution in [1.29, 1.82) is 0 Å². The third-order valence-corrected chi connectivity index (χ3v) is 4.57. The highest BCUT2D eigenvalue weighted by Gasteiger charge is 2.02. The summed E-state index contributed by atoms with van der Waals surface area (Å²) in [5.74, 6) is 0. The lowest BCUT2D eigenvalue weighted by molar-refractivity contribution is 1.19. The van der Waals surface area contributed by atoms with Gasteiger partial charge in [-0.3, -0.25) is 0 Å². The van der Waals surface area contributed by atoms with Crippen LogP contribution in [0.3, 0.4) is 0 Å². The lowest BCUT2D eigenvalue weighted by Crippen LogP contribution is -1.96. The zero-order valence-corrected chi connectivity index (χ0v) is 11.9. The molecule has 0 fully saturated rings. The van der Waals surface area contributed by atoms with E-state index in [2.05, 4.69) is 34.2 Å². The Labute approximate surface area is 113 Å². The molecule has 2 rings (SSSR count). The van der Waals surface area contributed by atoms with Crippen LogP contribution < -0.4 is 5.32 Å². The van der Waals surface area contributed by atoms with Crippen molar-refractivity contribution in [3.63, 3.8) is 0 Å². The number of anilines is 1. The summed E-state index contributed by atoms with van der Waals surface area (Å²) in [6, 6.07) is 9.91. The molecule has 0 aliphatic heterocycles. The summed E-state index contributed by atoms with van der Waals surface area (Å²) in [7, 11) is 0. The van der Waals surface area contributed by atoms with Crippen LogP contribution in [0, 0.1) is 6.92 Å². The Kier molecular flexibility index (Phi) is 3.90. The third-order valence-electron chi connectivity index (χ3n) is 2.20. The van der Waals surface area contributed by atoms with E-state index in [9.17, 15) is 0 Å². The van der Waals surface area contributed by atoms with Gasteiger partial charge in [0, 0.05) is 31.5 Å². The van der Waals surface area contributed by atoms with Crippen LogP contribution in [0.2, 0.25) is 5.02 Å². The molecule has 0 amide bonds. The van der Waals surface area contributed by atoms with Crippen molar-refractivity contribution in [2.45, 2.75) is 13.5 Å². The van der Waals surface area contributed by atoms with E-state index in [0.29, 0.717) is 0 Å². The van der Waals surface area contributed by atoms with Gasteiger partial charge in [-0.05, 0) is 47.1 Å². The molecule has 0 unspecified atom stereocenters. The van der Waals surface area contributed by atoms with Crippen molar-refractivity contribution in [2.75, 3.05) is 5.32 Å². The van der Waals surface area contributed by atoms with Gasteiger partial charge in [-0.1, -0.05) is 17.7 Å². The van der Waals surface area contributed by atoms with Gasteiger partial charge in [-0.15, -0.1) is 11.3 Å². The van der Waals surface area contributed by atoms with Gasteiger partial charge in [0.15, 0.2) is 0 Å². The van der Waals surface area contributed by atoms with Crippen LogP contribution in [0.1, 0.15) is 9.75 Å². The van der Waals surface area contributed by atoms with E-state index >= 15 is 0 Å². The second-order valence-corrected chi connectivity index (χ2v) is 6.11. The molecule has 0 saturated carbocycles. The van der Waals surface area contributed by atoms with Crippen LogP contribution in [0.15, 0.2) is 34.8 Å². The summed E-state index contributed by atoms with van der Waals surface area (Å²) < 4.78 is 1.18. The van der Waals surface area contributed by atoms with Crippen molar-refractivity contribution < 1.29 is 0 Å². The van der Waals surface area contributed by atoms with Gasteiger partial charge in [0.2, 0.25) is 0 Å². The fourth-order valence-corrected chi connectivity index (χ4v) is 3.12. The van der Waals surface area contributed by atoms with E-state index in [1.165, 1.54) is 14.2 Å². The standard InChI is InChI=1S/C12H11BrClNS/c1-8-12(13)6-11(16-8)7-15-10-4-2-3-9(14)5-10/h2-6,15H,7H2,1H3. The zero-order chi connectivity index (χ0) is 11.5. The smallest absolute Gasteiger partial charge is 0.0494 e. The van der Waals surface area contributed by atoms with E-state index in [1.807, 2.05) is 24.3 Å². The van der Waals surface area contributed by atoms with E-state index in [-0.39, 0.29) is 0 Å². The van der Waals surface area contributed by atoms with Crippen molar-refractivity contribution >= 4 is 44.6 Å². The first kappa shape index (κ1) is 12.0. The van der Waals surface area contributed by atoms with E-state index in [1.54, 1.807) is 11.3 Å². The Morgan fingerprint density at radius 3 is 2.81 bits per heavy atom. The highest BCUT2D eigenvalue weighted by Crippen LogP contribution is 2.27. The second-order valence-electron chi connectivity index (χ2n) is 3.48. The molecule has 0 aliphatic rings. The number of thiophene rings is 1. The fourth-order valence-electron chi connectivity index (χ4n) is 1.39. The van der Waals surface area contributed by atoms with Crippen LogP contribution >= 0.6 is 38.9 Å². The van der Waals surface area contributed by atoms with Crippen molar-refractivity contribution in [3.05, 3.63) is 49.6 Å². The number of hydrogen-bond donors (Lipinski definition) is 1. The molecule has 0 radical (unpaired) electrons. The van der Waals surface area contributed by atoms with Gasteiger partial charge in [-0.2, -0.15) is 0 Å². The number of halogens is 2. The monoisotopic (exact) mass is 315 g/mol. The molecule has 2 aromatic rings. The van der Waals surface area contributed by atoms with Crippen LogP contribution in [0.25, 0.3) is 0 Å². The average molecular weight is 317 g/mol. The molecule has 1 heterocycles. The molecule has 0 aliphatic carbocycles. The fraction of sp³-hybridized carbons (Fsp3) is 0.167. The molecule has 4 heteroatoms. The predicted molar refractivity (Wildman–Crippen MR) is 75.5 cm³/mol. The van der Waals surface area contributed by atoms with Gasteiger partial charge in [0.1, 0.15) is 0 Å². The van der Waals surface area contributed by atoms with Crippen molar-refractivity contribution in [1.82, 2.24) is 0 Å². The molecule has 1 aromatic heterocycles.